The molecule has 0 atom stereocenters. The van der Waals surface area contributed by atoms with E-state index < -0.39 is 0 Å². The van der Waals surface area contributed by atoms with Crippen molar-refractivity contribution in [1.29, 1.82) is 0 Å². The highest BCUT2D eigenvalue weighted by atomic mass is 32.2. The summed E-state index contributed by atoms with van der Waals surface area (Å²) in [5.41, 5.74) is 2.71. The van der Waals surface area contributed by atoms with Crippen molar-refractivity contribution >= 4 is 17.5 Å². The molecule has 4 rings (SSSR count). The highest BCUT2D eigenvalue weighted by Crippen LogP contribution is 2.29. The monoisotopic (exact) mass is 489 g/mol. The summed E-state index contributed by atoms with van der Waals surface area (Å²) in [5, 5.41) is 9.41. The maximum atomic E-state index is 12.9. The minimum atomic E-state index is -0.0390. The van der Waals surface area contributed by atoms with Gasteiger partial charge in [0.05, 0.1) is 26.5 Å². The molecule has 0 saturated heterocycles. The summed E-state index contributed by atoms with van der Waals surface area (Å²) in [6, 6.07) is 23.1. The van der Waals surface area contributed by atoms with Crippen LogP contribution in [0.3, 0.4) is 0 Å². The number of benzene rings is 3. The SMILES string of the molecule is COc1ccc(C(=O)CSc2nnc(COc3ccccc3C)n2Cc2ccccc2)cc1OC. The van der Waals surface area contributed by atoms with Crippen molar-refractivity contribution in [3.05, 3.63) is 95.3 Å². The maximum absolute atomic E-state index is 12.9. The van der Waals surface area contributed by atoms with Gasteiger partial charge in [0, 0.05) is 5.56 Å². The third-order valence-corrected chi connectivity index (χ3v) is 6.43. The number of hydrogen-bond acceptors (Lipinski definition) is 7. The van der Waals surface area contributed by atoms with Crippen molar-refractivity contribution in [3.63, 3.8) is 0 Å². The summed E-state index contributed by atoms with van der Waals surface area (Å²) in [4.78, 5) is 12.9. The molecule has 8 heteroatoms. The lowest BCUT2D eigenvalue weighted by Gasteiger charge is -2.12. The largest absolute Gasteiger partial charge is 0.493 e. The lowest BCUT2D eigenvalue weighted by atomic mass is 10.1. The van der Waals surface area contributed by atoms with Gasteiger partial charge in [0.15, 0.2) is 28.3 Å². The van der Waals surface area contributed by atoms with Gasteiger partial charge in [0.25, 0.3) is 0 Å². The number of nitrogens with zero attached hydrogens (tertiary/aromatic N) is 3. The van der Waals surface area contributed by atoms with Gasteiger partial charge in [0.1, 0.15) is 12.4 Å². The second kappa shape index (κ2) is 11.6. The zero-order valence-corrected chi connectivity index (χ0v) is 20.7. The smallest absolute Gasteiger partial charge is 0.192 e. The van der Waals surface area contributed by atoms with E-state index in [0.29, 0.717) is 34.6 Å². The highest BCUT2D eigenvalue weighted by Gasteiger charge is 2.17. The average molecular weight is 490 g/mol. The first-order chi connectivity index (χ1) is 17.1. The molecule has 0 bridgehead atoms. The third kappa shape index (κ3) is 6.02. The summed E-state index contributed by atoms with van der Waals surface area (Å²) >= 11 is 1.35. The molecule has 180 valence electrons. The lowest BCUT2D eigenvalue weighted by molar-refractivity contribution is 0.102. The van der Waals surface area contributed by atoms with Gasteiger partial charge in [-0.1, -0.05) is 60.3 Å². The molecular weight excluding hydrogens is 462 g/mol. The minimum Gasteiger partial charge on any atom is -0.493 e. The van der Waals surface area contributed by atoms with Crippen LogP contribution in [0.4, 0.5) is 0 Å². The minimum absolute atomic E-state index is 0.0390. The number of aryl methyl sites for hydroxylation is 1. The molecule has 0 unspecified atom stereocenters. The van der Waals surface area contributed by atoms with E-state index in [1.54, 1.807) is 32.4 Å². The number of carbonyl (C=O) groups excluding carboxylic acids is 1. The predicted molar refractivity (Wildman–Crippen MR) is 136 cm³/mol. The Hall–Kier alpha value is -3.78. The third-order valence-electron chi connectivity index (χ3n) is 5.47. The van der Waals surface area contributed by atoms with Crippen LogP contribution in [0.5, 0.6) is 17.2 Å². The number of Topliss-reactive ketones (excluding diaryl/α,β-unsaturated/α-hetero) is 1. The summed E-state index contributed by atoms with van der Waals surface area (Å²) < 4.78 is 18.6. The Balaban J connectivity index is 1.52. The van der Waals surface area contributed by atoms with Crippen LogP contribution in [0, 0.1) is 6.92 Å². The van der Waals surface area contributed by atoms with Gasteiger partial charge in [-0.2, -0.15) is 0 Å². The molecule has 0 fully saturated rings. The van der Waals surface area contributed by atoms with Gasteiger partial charge in [0.2, 0.25) is 0 Å². The lowest BCUT2D eigenvalue weighted by Crippen LogP contribution is -2.11. The molecule has 1 heterocycles. The molecule has 0 N–H and O–H groups in total. The fourth-order valence-electron chi connectivity index (χ4n) is 3.54. The Kier molecular flexibility index (Phi) is 8.05. The van der Waals surface area contributed by atoms with Crippen molar-refractivity contribution in [2.75, 3.05) is 20.0 Å². The molecule has 0 aliphatic heterocycles. The van der Waals surface area contributed by atoms with E-state index in [-0.39, 0.29) is 18.1 Å². The summed E-state index contributed by atoms with van der Waals surface area (Å²) in [5.74, 6) is 2.77. The molecule has 0 amide bonds. The Labute approximate surface area is 209 Å². The number of carbonyl (C=O) groups is 1. The second-order valence-corrected chi connectivity index (χ2v) is 8.75. The maximum Gasteiger partial charge on any atom is 0.192 e. The fourth-order valence-corrected chi connectivity index (χ4v) is 4.39. The van der Waals surface area contributed by atoms with E-state index in [9.17, 15) is 4.79 Å². The number of rotatable bonds is 11. The number of thioether (sulfide) groups is 1. The molecule has 0 aliphatic rings. The van der Waals surface area contributed by atoms with Crippen LogP contribution in [-0.4, -0.2) is 40.5 Å². The zero-order valence-electron chi connectivity index (χ0n) is 19.9. The van der Waals surface area contributed by atoms with Crippen molar-refractivity contribution in [2.45, 2.75) is 25.2 Å². The standard InChI is InChI=1S/C27H27N3O4S/c1-19-9-7-8-12-23(19)34-17-26-28-29-27(30(26)16-20-10-5-4-6-11-20)35-18-22(31)21-13-14-24(32-2)25(15-21)33-3/h4-15H,16-18H2,1-3H3. The number of hydrogen-bond donors (Lipinski definition) is 0. The van der Waals surface area contributed by atoms with E-state index in [0.717, 1.165) is 16.9 Å². The number of ether oxygens (including phenoxy) is 3. The van der Waals surface area contributed by atoms with E-state index in [1.165, 1.54) is 11.8 Å². The van der Waals surface area contributed by atoms with Crippen LogP contribution >= 0.6 is 11.8 Å². The second-order valence-electron chi connectivity index (χ2n) is 7.81. The normalized spacial score (nSPS) is 10.7. The summed E-state index contributed by atoms with van der Waals surface area (Å²) in [6.45, 7) is 2.85. The van der Waals surface area contributed by atoms with Crippen molar-refractivity contribution in [1.82, 2.24) is 14.8 Å². The summed E-state index contributed by atoms with van der Waals surface area (Å²) in [7, 11) is 3.11. The topological polar surface area (TPSA) is 75.5 Å². The Bertz CT molecular complexity index is 1290. The molecule has 0 radical (unpaired) electrons. The molecule has 0 aliphatic carbocycles. The number of ketones is 1. The van der Waals surface area contributed by atoms with Crippen LogP contribution in [0.15, 0.2) is 78.0 Å². The number of para-hydroxylation sites is 1. The quantitative estimate of drug-likeness (QED) is 0.212. The molecular formula is C27H27N3O4S. The first-order valence-corrected chi connectivity index (χ1v) is 12.1. The highest BCUT2D eigenvalue weighted by molar-refractivity contribution is 7.99. The molecule has 0 spiro atoms. The van der Waals surface area contributed by atoms with Gasteiger partial charge in [-0.05, 0) is 42.3 Å². The Morgan fingerprint density at radius 3 is 2.37 bits per heavy atom. The molecule has 1 aromatic heterocycles. The van der Waals surface area contributed by atoms with Crippen LogP contribution in [-0.2, 0) is 13.2 Å². The van der Waals surface area contributed by atoms with Crippen molar-refractivity contribution < 1.29 is 19.0 Å². The molecule has 3 aromatic carbocycles. The Morgan fingerprint density at radius 1 is 0.886 bits per heavy atom. The van der Waals surface area contributed by atoms with Crippen molar-refractivity contribution in [2.24, 2.45) is 0 Å². The number of methoxy groups -OCH3 is 2. The molecule has 7 nitrogen and oxygen atoms in total. The van der Waals surface area contributed by atoms with E-state index in [2.05, 4.69) is 22.3 Å². The van der Waals surface area contributed by atoms with Crippen molar-refractivity contribution in [3.8, 4) is 17.2 Å². The van der Waals surface area contributed by atoms with Crippen LogP contribution < -0.4 is 14.2 Å². The van der Waals surface area contributed by atoms with E-state index in [4.69, 9.17) is 14.2 Å². The van der Waals surface area contributed by atoms with Gasteiger partial charge in [-0.3, -0.25) is 9.36 Å². The van der Waals surface area contributed by atoms with Gasteiger partial charge >= 0.3 is 0 Å². The predicted octanol–water partition coefficient (Wildman–Crippen LogP) is 5.21. The molecule has 0 saturated carbocycles. The zero-order chi connectivity index (χ0) is 24.6. The fraction of sp³-hybridized carbons (Fsp3) is 0.222. The van der Waals surface area contributed by atoms with E-state index >= 15 is 0 Å². The first kappa shape index (κ1) is 24.3. The molecule has 4 aromatic rings. The van der Waals surface area contributed by atoms with Gasteiger partial charge in [-0.25, -0.2) is 0 Å². The first-order valence-electron chi connectivity index (χ1n) is 11.1. The Morgan fingerprint density at radius 2 is 1.63 bits per heavy atom. The van der Waals surface area contributed by atoms with Crippen LogP contribution in [0.2, 0.25) is 0 Å². The van der Waals surface area contributed by atoms with Crippen LogP contribution in [0.25, 0.3) is 0 Å². The van der Waals surface area contributed by atoms with E-state index in [1.807, 2.05) is 54.0 Å². The summed E-state index contributed by atoms with van der Waals surface area (Å²) in [6.07, 6.45) is 0. The average Bonchev–Trinajstić information content (AvgIpc) is 3.27. The van der Waals surface area contributed by atoms with Gasteiger partial charge < -0.3 is 14.2 Å². The van der Waals surface area contributed by atoms with Crippen LogP contribution in [0.1, 0.15) is 27.3 Å². The molecule has 35 heavy (non-hydrogen) atoms. The van der Waals surface area contributed by atoms with Gasteiger partial charge in [-0.15, -0.1) is 10.2 Å². The number of aromatic nitrogens is 3.